The van der Waals surface area contributed by atoms with E-state index in [0.29, 0.717) is 13.2 Å². The molecule has 0 heterocycles. The molecule has 106 valence electrons. The van der Waals surface area contributed by atoms with Crippen molar-refractivity contribution < 1.29 is 14.7 Å². The van der Waals surface area contributed by atoms with E-state index in [1.54, 1.807) is 18.9 Å². The Morgan fingerprint density at radius 3 is 2.39 bits per heavy atom. The lowest BCUT2D eigenvalue weighted by Gasteiger charge is -2.32. The summed E-state index contributed by atoms with van der Waals surface area (Å²) >= 11 is 0. The zero-order valence-electron chi connectivity index (χ0n) is 11.7. The summed E-state index contributed by atoms with van der Waals surface area (Å²) in [6.45, 7) is 6.71. The standard InChI is InChI=1S/C12H25N3O3/c1-5-10(6-2)15(7-8-18-4)12(16)9(3)11(13)14-17/h9-10,17H,5-8H2,1-4H3,(H2,13,14). The molecule has 0 aromatic heterocycles. The number of nitrogens with zero attached hydrogens (tertiary/aromatic N) is 2. The van der Waals surface area contributed by atoms with Gasteiger partial charge >= 0.3 is 0 Å². The third-order valence-electron chi connectivity index (χ3n) is 3.13. The summed E-state index contributed by atoms with van der Waals surface area (Å²) in [5, 5.41) is 11.5. The molecule has 0 radical (unpaired) electrons. The molecular weight excluding hydrogens is 234 g/mol. The minimum atomic E-state index is -0.618. The minimum Gasteiger partial charge on any atom is -0.409 e. The minimum absolute atomic E-state index is 0.0617. The quantitative estimate of drug-likeness (QED) is 0.295. The molecule has 0 aromatic rings. The van der Waals surface area contributed by atoms with Crippen LogP contribution in [-0.4, -0.2) is 48.2 Å². The number of nitrogens with two attached hydrogens (primary N) is 1. The van der Waals surface area contributed by atoms with Crippen LogP contribution in [0, 0.1) is 5.92 Å². The first-order valence-electron chi connectivity index (χ1n) is 6.30. The highest BCUT2D eigenvalue weighted by atomic mass is 16.5. The van der Waals surface area contributed by atoms with Gasteiger partial charge in [0.05, 0.1) is 12.5 Å². The molecule has 0 aliphatic rings. The van der Waals surface area contributed by atoms with Crippen molar-refractivity contribution in [2.75, 3.05) is 20.3 Å². The summed E-state index contributed by atoms with van der Waals surface area (Å²) < 4.78 is 5.02. The number of hydrogen-bond donors (Lipinski definition) is 2. The molecule has 18 heavy (non-hydrogen) atoms. The maximum absolute atomic E-state index is 12.3. The van der Waals surface area contributed by atoms with E-state index in [9.17, 15) is 4.79 Å². The largest absolute Gasteiger partial charge is 0.409 e. The van der Waals surface area contributed by atoms with Gasteiger partial charge in [0.25, 0.3) is 0 Å². The Hall–Kier alpha value is -1.30. The van der Waals surface area contributed by atoms with Crippen LogP contribution < -0.4 is 5.73 Å². The fourth-order valence-electron chi connectivity index (χ4n) is 1.85. The number of hydrogen-bond acceptors (Lipinski definition) is 4. The highest BCUT2D eigenvalue weighted by molar-refractivity contribution is 6.01. The fourth-order valence-corrected chi connectivity index (χ4v) is 1.85. The van der Waals surface area contributed by atoms with Gasteiger partial charge < -0.3 is 20.6 Å². The van der Waals surface area contributed by atoms with Crippen LogP contribution >= 0.6 is 0 Å². The maximum Gasteiger partial charge on any atom is 0.233 e. The van der Waals surface area contributed by atoms with Crippen LogP contribution in [-0.2, 0) is 9.53 Å². The zero-order valence-corrected chi connectivity index (χ0v) is 11.7. The molecule has 1 unspecified atom stereocenters. The van der Waals surface area contributed by atoms with Crippen molar-refractivity contribution >= 4 is 11.7 Å². The van der Waals surface area contributed by atoms with E-state index >= 15 is 0 Å². The number of ether oxygens (including phenoxy) is 1. The number of rotatable bonds is 8. The van der Waals surface area contributed by atoms with Crippen LogP contribution in [0.3, 0.4) is 0 Å². The van der Waals surface area contributed by atoms with Crippen molar-refractivity contribution in [2.24, 2.45) is 16.8 Å². The van der Waals surface area contributed by atoms with Gasteiger partial charge in [0, 0.05) is 19.7 Å². The molecule has 3 N–H and O–H groups in total. The first-order chi connectivity index (χ1) is 8.53. The van der Waals surface area contributed by atoms with Crippen molar-refractivity contribution in [2.45, 2.75) is 39.7 Å². The third-order valence-corrected chi connectivity index (χ3v) is 3.13. The van der Waals surface area contributed by atoms with Gasteiger partial charge in [0.2, 0.25) is 5.91 Å². The van der Waals surface area contributed by atoms with Crippen molar-refractivity contribution in [3.05, 3.63) is 0 Å². The van der Waals surface area contributed by atoms with Crippen LogP contribution in [0.2, 0.25) is 0 Å². The molecule has 0 spiro atoms. The van der Waals surface area contributed by atoms with Crippen molar-refractivity contribution in [1.82, 2.24) is 4.90 Å². The number of amides is 1. The summed E-state index contributed by atoms with van der Waals surface area (Å²) in [4.78, 5) is 14.1. The van der Waals surface area contributed by atoms with Gasteiger partial charge in [0.1, 0.15) is 0 Å². The molecule has 1 amide bonds. The molecule has 1 atom stereocenters. The van der Waals surface area contributed by atoms with E-state index in [2.05, 4.69) is 5.16 Å². The molecule has 6 nitrogen and oxygen atoms in total. The van der Waals surface area contributed by atoms with E-state index in [0.717, 1.165) is 12.8 Å². The third kappa shape index (κ3) is 4.52. The number of oxime groups is 1. The number of methoxy groups -OCH3 is 1. The number of amidine groups is 1. The summed E-state index contributed by atoms with van der Waals surface area (Å²) in [6.07, 6.45) is 1.74. The van der Waals surface area contributed by atoms with E-state index in [1.165, 1.54) is 0 Å². The Labute approximate surface area is 109 Å². The molecular formula is C12H25N3O3. The molecule has 6 heteroatoms. The topological polar surface area (TPSA) is 88.2 Å². The molecule has 0 aliphatic heterocycles. The van der Waals surface area contributed by atoms with Gasteiger partial charge in [0.15, 0.2) is 5.84 Å². The average Bonchev–Trinajstić information content (AvgIpc) is 2.40. The average molecular weight is 259 g/mol. The number of carbonyl (C=O) groups excluding carboxylic acids is 1. The second kappa shape index (κ2) is 8.74. The van der Waals surface area contributed by atoms with Crippen molar-refractivity contribution in [3.63, 3.8) is 0 Å². The van der Waals surface area contributed by atoms with Crippen LogP contribution in [0.25, 0.3) is 0 Å². The molecule has 0 bridgehead atoms. The highest BCUT2D eigenvalue weighted by Gasteiger charge is 2.27. The first-order valence-corrected chi connectivity index (χ1v) is 6.30. The Morgan fingerprint density at radius 1 is 1.44 bits per heavy atom. The Kier molecular flexibility index (Phi) is 8.11. The van der Waals surface area contributed by atoms with E-state index in [4.69, 9.17) is 15.7 Å². The Morgan fingerprint density at radius 2 is 2.00 bits per heavy atom. The van der Waals surface area contributed by atoms with Gasteiger partial charge in [-0.25, -0.2) is 0 Å². The predicted molar refractivity (Wildman–Crippen MR) is 70.5 cm³/mol. The van der Waals surface area contributed by atoms with Crippen LogP contribution in [0.4, 0.5) is 0 Å². The predicted octanol–water partition coefficient (Wildman–Crippen LogP) is 1.03. The normalized spacial score (nSPS) is 13.7. The summed E-state index contributed by atoms with van der Waals surface area (Å²) in [7, 11) is 1.60. The molecule has 0 aromatic carbocycles. The summed E-state index contributed by atoms with van der Waals surface area (Å²) in [5.74, 6) is -0.808. The Balaban J connectivity index is 4.88. The second-order valence-corrected chi connectivity index (χ2v) is 4.24. The molecule has 0 aliphatic carbocycles. The summed E-state index contributed by atoms with van der Waals surface area (Å²) in [5.41, 5.74) is 5.49. The van der Waals surface area contributed by atoms with Gasteiger partial charge in [-0.1, -0.05) is 19.0 Å². The lowest BCUT2D eigenvalue weighted by atomic mass is 10.1. The fraction of sp³-hybridized carbons (Fsp3) is 0.833. The lowest BCUT2D eigenvalue weighted by molar-refractivity contribution is -0.136. The first kappa shape index (κ1) is 16.7. The Bertz CT molecular complexity index is 278. The smallest absolute Gasteiger partial charge is 0.233 e. The van der Waals surface area contributed by atoms with Crippen LogP contribution in [0.1, 0.15) is 33.6 Å². The van der Waals surface area contributed by atoms with Crippen molar-refractivity contribution in [1.29, 1.82) is 0 Å². The molecule has 0 saturated carbocycles. The van der Waals surface area contributed by atoms with Gasteiger partial charge in [-0.15, -0.1) is 0 Å². The summed E-state index contributed by atoms with van der Waals surface area (Å²) in [6, 6.07) is 0.154. The van der Waals surface area contributed by atoms with Crippen LogP contribution in [0.5, 0.6) is 0 Å². The van der Waals surface area contributed by atoms with Gasteiger partial charge in [-0.3, -0.25) is 4.79 Å². The molecule has 0 fully saturated rings. The van der Waals surface area contributed by atoms with E-state index in [-0.39, 0.29) is 17.8 Å². The van der Waals surface area contributed by atoms with E-state index < -0.39 is 5.92 Å². The maximum atomic E-state index is 12.3. The number of carbonyl (C=O) groups is 1. The van der Waals surface area contributed by atoms with Crippen LogP contribution in [0.15, 0.2) is 5.16 Å². The zero-order chi connectivity index (χ0) is 14.1. The van der Waals surface area contributed by atoms with Gasteiger partial charge in [-0.05, 0) is 19.8 Å². The van der Waals surface area contributed by atoms with Gasteiger partial charge in [-0.2, -0.15) is 0 Å². The lowest BCUT2D eigenvalue weighted by Crippen LogP contribution is -2.47. The highest BCUT2D eigenvalue weighted by Crippen LogP contribution is 2.13. The van der Waals surface area contributed by atoms with Crippen molar-refractivity contribution in [3.8, 4) is 0 Å². The monoisotopic (exact) mass is 259 g/mol. The SMILES string of the molecule is CCC(CC)N(CCOC)C(=O)C(C)C(N)=NO. The molecule has 0 saturated heterocycles. The molecule has 0 rings (SSSR count). The second-order valence-electron chi connectivity index (χ2n) is 4.24. The van der Waals surface area contributed by atoms with E-state index in [1.807, 2.05) is 13.8 Å².